The van der Waals surface area contributed by atoms with Crippen LogP contribution in [-0.2, 0) is 19.0 Å². The smallest absolute Gasteiger partial charge is 0.309 e. The Labute approximate surface area is 107 Å². The van der Waals surface area contributed by atoms with Gasteiger partial charge in [0.2, 0.25) is 0 Å². The molecule has 1 spiro atoms. The molecule has 4 rings (SSSR count). The molecule has 0 unspecified atom stereocenters. The molecule has 2 aliphatic heterocycles. The first-order valence-corrected chi connectivity index (χ1v) is 7.13. The predicted molar refractivity (Wildman–Crippen MR) is 62.6 cm³/mol. The van der Waals surface area contributed by atoms with Gasteiger partial charge in [-0.1, -0.05) is 6.92 Å². The van der Waals surface area contributed by atoms with Crippen LogP contribution in [0.1, 0.15) is 26.2 Å². The molecule has 4 fully saturated rings. The quantitative estimate of drug-likeness (QED) is 0.614. The standard InChI is InChI=1S/C14H20O4/c1-8-5-14(17-2-3-18-14)6-9-7-16-13(15)12(9)11-4-10(8)11/h8-12H,2-7H2,1H3/t8-,9+,10+,11+,12-/m1/s1. The molecule has 0 aromatic heterocycles. The van der Waals surface area contributed by atoms with Gasteiger partial charge in [-0.2, -0.15) is 0 Å². The highest BCUT2D eigenvalue weighted by Crippen LogP contribution is 2.58. The topological polar surface area (TPSA) is 44.8 Å². The first-order valence-electron chi connectivity index (χ1n) is 7.13. The van der Waals surface area contributed by atoms with Crippen molar-refractivity contribution < 1.29 is 19.0 Å². The zero-order valence-corrected chi connectivity index (χ0v) is 10.8. The molecular formula is C14H20O4. The molecule has 4 heteroatoms. The minimum absolute atomic E-state index is 0.0229. The Morgan fingerprint density at radius 2 is 1.94 bits per heavy atom. The van der Waals surface area contributed by atoms with E-state index in [1.54, 1.807) is 0 Å². The summed E-state index contributed by atoms with van der Waals surface area (Å²) in [6, 6.07) is 0. The van der Waals surface area contributed by atoms with Crippen molar-refractivity contribution in [3.05, 3.63) is 0 Å². The van der Waals surface area contributed by atoms with Crippen LogP contribution in [0.25, 0.3) is 0 Å². The number of esters is 1. The number of fused-ring (bicyclic) bond motifs is 3. The maximum Gasteiger partial charge on any atom is 0.309 e. The lowest BCUT2D eigenvalue weighted by Crippen LogP contribution is -2.39. The molecule has 0 amide bonds. The van der Waals surface area contributed by atoms with Crippen LogP contribution in [0, 0.1) is 29.6 Å². The lowest BCUT2D eigenvalue weighted by atomic mass is 9.78. The highest BCUT2D eigenvalue weighted by atomic mass is 16.7. The normalized spacial score (nSPS) is 49.2. The lowest BCUT2D eigenvalue weighted by molar-refractivity contribution is -0.187. The molecule has 100 valence electrons. The van der Waals surface area contributed by atoms with E-state index in [1.165, 1.54) is 6.42 Å². The summed E-state index contributed by atoms with van der Waals surface area (Å²) in [5.74, 6) is 1.84. The number of hydrogen-bond donors (Lipinski definition) is 0. The van der Waals surface area contributed by atoms with E-state index >= 15 is 0 Å². The average molecular weight is 252 g/mol. The van der Waals surface area contributed by atoms with E-state index in [1.807, 2.05) is 0 Å². The monoisotopic (exact) mass is 252 g/mol. The Hall–Kier alpha value is -0.610. The molecule has 0 N–H and O–H groups in total. The van der Waals surface area contributed by atoms with Crippen molar-refractivity contribution in [3.8, 4) is 0 Å². The first-order chi connectivity index (χ1) is 8.69. The number of rotatable bonds is 0. The number of carbonyl (C=O) groups is 1. The highest BCUT2D eigenvalue weighted by Gasteiger charge is 2.59. The summed E-state index contributed by atoms with van der Waals surface area (Å²) in [5, 5.41) is 0. The first kappa shape index (κ1) is 11.2. The van der Waals surface area contributed by atoms with Crippen molar-refractivity contribution >= 4 is 5.97 Å². The van der Waals surface area contributed by atoms with Gasteiger partial charge in [0.1, 0.15) is 0 Å². The molecule has 0 aromatic carbocycles. The second kappa shape index (κ2) is 3.70. The van der Waals surface area contributed by atoms with Gasteiger partial charge in [-0.25, -0.2) is 0 Å². The van der Waals surface area contributed by atoms with Gasteiger partial charge in [-0.3, -0.25) is 4.79 Å². The second-order valence-corrected chi connectivity index (χ2v) is 6.47. The number of carbonyl (C=O) groups excluding carboxylic acids is 1. The van der Waals surface area contributed by atoms with Crippen molar-refractivity contribution in [1.82, 2.24) is 0 Å². The molecule has 18 heavy (non-hydrogen) atoms. The molecule has 4 nitrogen and oxygen atoms in total. The van der Waals surface area contributed by atoms with Crippen LogP contribution in [0.5, 0.6) is 0 Å². The van der Waals surface area contributed by atoms with Gasteiger partial charge in [0.15, 0.2) is 5.79 Å². The van der Waals surface area contributed by atoms with Crippen molar-refractivity contribution in [3.63, 3.8) is 0 Å². The Morgan fingerprint density at radius 1 is 1.17 bits per heavy atom. The number of ether oxygens (including phenoxy) is 3. The van der Waals surface area contributed by atoms with Crippen LogP contribution in [0.15, 0.2) is 0 Å². The molecule has 0 radical (unpaired) electrons. The molecule has 2 saturated heterocycles. The van der Waals surface area contributed by atoms with Crippen LogP contribution in [0.2, 0.25) is 0 Å². The van der Waals surface area contributed by atoms with E-state index in [0.717, 1.165) is 12.8 Å². The summed E-state index contributed by atoms with van der Waals surface area (Å²) in [4.78, 5) is 11.9. The van der Waals surface area contributed by atoms with E-state index in [2.05, 4.69) is 6.92 Å². The minimum atomic E-state index is -0.427. The summed E-state index contributed by atoms with van der Waals surface area (Å²) in [5.41, 5.74) is 0. The molecule has 2 aliphatic carbocycles. The minimum Gasteiger partial charge on any atom is -0.465 e. The van der Waals surface area contributed by atoms with E-state index in [4.69, 9.17) is 14.2 Å². The SMILES string of the molecule is C[C@@H]1CC2(C[C@H]3COC(=O)[C@H]3[C@H]3C[C@H]31)OCCO2. The Kier molecular flexibility index (Phi) is 2.31. The van der Waals surface area contributed by atoms with Crippen LogP contribution in [0.3, 0.4) is 0 Å². The fourth-order valence-electron chi connectivity index (χ4n) is 4.45. The van der Waals surface area contributed by atoms with Crippen molar-refractivity contribution in [2.45, 2.75) is 32.0 Å². The van der Waals surface area contributed by atoms with Crippen LogP contribution in [0.4, 0.5) is 0 Å². The third-order valence-corrected chi connectivity index (χ3v) is 5.32. The van der Waals surface area contributed by atoms with E-state index in [9.17, 15) is 4.79 Å². The zero-order valence-electron chi connectivity index (χ0n) is 10.8. The summed E-state index contributed by atoms with van der Waals surface area (Å²) in [6.07, 6.45) is 3.00. The maximum absolute atomic E-state index is 11.9. The number of cyclic esters (lactones) is 1. The highest BCUT2D eigenvalue weighted by molar-refractivity contribution is 5.75. The van der Waals surface area contributed by atoms with Crippen molar-refractivity contribution in [2.24, 2.45) is 29.6 Å². The van der Waals surface area contributed by atoms with Gasteiger partial charge in [-0.15, -0.1) is 0 Å². The molecule has 0 bridgehead atoms. The van der Waals surface area contributed by atoms with Gasteiger partial charge in [0, 0.05) is 18.8 Å². The lowest BCUT2D eigenvalue weighted by Gasteiger charge is -2.35. The summed E-state index contributed by atoms with van der Waals surface area (Å²) in [7, 11) is 0. The van der Waals surface area contributed by atoms with E-state index in [-0.39, 0.29) is 11.9 Å². The fraction of sp³-hybridized carbons (Fsp3) is 0.929. The zero-order chi connectivity index (χ0) is 12.3. The Balaban J connectivity index is 1.65. The fourth-order valence-corrected chi connectivity index (χ4v) is 4.45. The summed E-state index contributed by atoms with van der Waals surface area (Å²) in [6.45, 7) is 4.22. The Morgan fingerprint density at radius 3 is 2.72 bits per heavy atom. The van der Waals surface area contributed by atoms with Gasteiger partial charge < -0.3 is 14.2 Å². The van der Waals surface area contributed by atoms with Crippen molar-refractivity contribution in [1.29, 1.82) is 0 Å². The van der Waals surface area contributed by atoms with E-state index in [0.29, 0.717) is 43.5 Å². The summed E-state index contributed by atoms with van der Waals surface area (Å²) >= 11 is 0. The van der Waals surface area contributed by atoms with Crippen LogP contribution in [-0.4, -0.2) is 31.6 Å². The molecule has 4 aliphatic rings. The molecule has 2 saturated carbocycles. The molecular weight excluding hydrogens is 232 g/mol. The average Bonchev–Trinajstić information content (AvgIpc) is 2.84. The van der Waals surface area contributed by atoms with Gasteiger partial charge in [-0.05, 0) is 24.2 Å². The Bertz CT molecular complexity index is 374. The summed E-state index contributed by atoms with van der Waals surface area (Å²) < 4.78 is 17.1. The van der Waals surface area contributed by atoms with Gasteiger partial charge >= 0.3 is 5.97 Å². The third-order valence-electron chi connectivity index (χ3n) is 5.32. The second-order valence-electron chi connectivity index (χ2n) is 6.47. The predicted octanol–water partition coefficient (Wildman–Crippen LogP) is 1.58. The van der Waals surface area contributed by atoms with Crippen LogP contribution >= 0.6 is 0 Å². The van der Waals surface area contributed by atoms with Gasteiger partial charge in [0.25, 0.3) is 0 Å². The van der Waals surface area contributed by atoms with E-state index < -0.39 is 5.79 Å². The third kappa shape index (κ3) is 1.55. The molecule has 2 heterocycles. The van der Waals surface area contributed by atoms with Crippen LogP contribution < -0.4 is 0 Å². The molecule has 5 atom stereocenters. The largest absolute Gasteiger partial charge is 0.465 e. The number of hydrogen-bond acceptors (Lipinski definition) is 4. The van der Waals surface area contributed by atoms with Crippen molar-refractivity contribution in [2.75, 3.05) is 19.8 Å². The molecule has 0 aromatic rings. The van der Waals surface area contributed by atoms with Gasteiger partial charge in [0.05, 0.1) is 25.7 Å². The maximum atomic E-state index is 11.9.